The fourth-order valence-corrected chi connectivity index (χ4v) is 3.56. The van der Waals surface area contributed by atoms with Gasteiger partial charge in [-0.1, -0.05) is 37.1 Å². The molecule has 0 saturated heterocycles. The zero-order chi connectivity index (χ0) is 17.2. The van der Waals surface area contributed by atoms with Gasteiger partial charge in [0.1, 0.15) is 0 Å². The summed E-state index contributed by atoms with van der Waals surface area (Å²) >= 11 is 0. The van der Waals surface area contributed by atoms with Gasteiger partial charge < -0.3 is 10.6 Å². The van der Waals surface area contributed by atoms with E-state index in [4.69, 9.17) is 0 Å². The molecule has 0 spiro atoms. The summed E-state index contributed by atoms with van der Waals surface area (Å²) in [5, 5.41) is 11.8. The van der Waals surface area contributed by atoms with E-state index in [9.17, 15) is 4.79 Å². The van der Waals surface area contributed by atoms with E-state index in [1.165, 1.54) is 25.7 Å². The van der Waals surface area contributed by atoms with Crippen LogP contribution in [0.4, 0.5) is 11.4 Å². The van der Waals surface area contributed by atoms with Crippen molar-refractivity contribution in [1.82, 2.24) is 9.78 Å². The van der Waals surface area contributed by atoms with Crippen molar-refractivity contribution in [3.05, 3.63) is 54.2 Å². The minimum atomic E-state index is -0.185. The number of para-hydroxylation sites is 1. The monoisotopic (exact) mass is 334 g/mol. The number of aryl methyl sites for hydroxylation is 1. The molecular weight excluding hydrogens is 312 g/mol. The lowest BCUT2D eigenvalue weighted by Gasteiger charge is -2.14. The minimum Gasteiger partial charge on any atom is -0.382 e. The van der Waals surface area contributed by atoms with E-state index < -0.39 is 0 Å². The lowest BCUT2D eigenvalue weighted by molar-refractivity contribution is 0.102. The van der Waals surface area contributed by atoms with Crippen LogP contribution in [-0.4, -0.2) is 21.7 Å². The molecule has 1 fully saturated rings. The molecule has 5 heteroatoms. The Balaban J connectivity index is 1.54. The molecular formula is C20H22N4O. The molecule has 1 aliphatic carbocycles. The summed E-state index contributed by atoms with van der Waals surface area (Å²) in [5.41, 5.74) is 3.23. The van der Waals surface area contributed by atoms with E-state index in [0.29, 0.717) is 11.7 Å². The number of benzene rings is 2. The fraction of sp³-hybridized carbons (Fsp3) is 0.300. The number of fused-ring (bicyclic) bond motifs is 1. The Morgan fingerprint density at radius 2 is 1.84 bits per heavy atom. The van der Waals surface area contributed by atoms with Crippen LogP contribution < -0.4 is 10.6 Å². The number of carbonyl (C=O) groups excluding carboxylic acids is 1. The number of carbonyl (C=O) groups is 1. The summed E-state index contributed by atoms with van der Waals surface area (Å²) in [5.74, 6) is -0.185. The van der Waals surface area contributed by atoms with Gasteiger partial charge in [-0.2, -0.15) is 5.10 Å². The van der Waals surface area contributed by atoms with E-state index in [2.05, 4.69) is 15.7 Å². The van der Waals surface area contributed by atoms with Crippen LogP contribution in [0.3, 0.4) is 0 Å². The standard InChI is InChI=1S/C20H22N4O/c1-24-18-12-5-4-11-17(18)19(23-24)20(25)22-16-10-6-9-15(13-16)21-14-7-2-3-8-14/h4-6,9-14,21H,2-3,7-8H2,1H3,(H,22,25). The predicted molar refractivity (Wildman–Crippen MR) is 101 cm³/mol. The number of amides is 1. The van der Waals surface area contributed by atoms with Crippen LogP contribution in [0.1, 0.15) is 36.2 Å². The first-order valence-corrected chi connectivity index (χ1v) is 8.80. The number of nitrogens with one attached hydrogen (secondary N) is 2. The maximum Gasteiger partial charge on any atom is 0.276 e. The summed E-state index contributed by atoms with van der Waals surface area (Å²) in [6.07, 6.45) is 5.02. The van der Waals surface area contributed by atoms with Crippen molar-refractivity contribution in [3.8, 4) is 0 Å². The second-order valence-corrected chi connectivity index (χ2v) is 6.65. The molecule has 0 unspecified atom stereocenters. The molecule has 25 heavy (non-hydrogen) atoms. The van der Waals surface area contributed by atoms with Crippen LogP contribution in [0.2, 0.25) is 0 Å². The maximum absolute atomic E-state index is 12.7. The minimum absolute atomic E-state index is 0.185. The van der Waals surface area contributed by atoms with Gasteiger partial charge >= 0.3 is 0 Å². The molecule has 0 aliphatic heterocycles. The summed E-state index contributed by atoms with van der Waals surface area (Å²) in [7, 11) is 1.85. The summed E-state index contributed by atoms with van der Waals surface area (Å²) in [6, 6.07) is 16.2. The third-order valence-electron chi connectivity index (χ3n) is 4.82. The second kappa shape index (κ2) is 6.59. The van der Waals surface area contributed by atoms with Crippen LogP contribution in [-0.2, 0) is 7.05 Å². The van der Waals surface area contributed by atoms with E-state index in [0.717, 1.165) is 22.3 Å². The second-order valence-electron chi connectivity index (χ2n) is 6.65. The van der Waals surface area contributed by atoms with Crippen LogP contribution in [0.5, 0.6) is 0 Å². The number of aromatic nitrogens is 2. The van der Waals surface area contributed by atoms with Gasteiger partial charge in [0.05, 0.1) is 5.52 Å². The number of nitrogens with zero attached hydrogens (tertiary/aromatic N) is 2. The molecule has 1 aliphatic rings. The van der Waals surface area contributed by atoms with Crippen molar-refractivity contribution in [2.24, 2.45) is 7.05 Å². The molecule has 1 amide bonds. The van der Waals surface area contributed by atoms with Crippen LogP contribution in [0.15, 0.2) is 48.5 Å². The molecule has 1 saturated carbocycles. The van der Waals surface area contributed by atoms with Crippen molar-refractivity contribution >= 4 is 28.2 Å². The average Bonchev–Trinajstić information content (AvgIpc) is 3.24. The SMILES string of the molecule is Cn1nc(C(=O)Nc2cccc(NC3CCCC3)c2)c2ccccc21. The molecule has 0 bridgehead atoms. The van der Waals surface area contributed by atoms with Crippen molar-refractivity contribution in [3.63, 3.8) is 0 Å². The van der Waals surface area contributed by atoms with Gasteiger partial charge in [0.15, 0.2) is 5.69 Å². The van der Waals surface area contributed by atoms with Crippen molar-refractivity contribution < 1.29 is 4.79 Å². The molecule has 2 aromatic carbocycles. The first-order chi connectivity index (χ1) is 12.2. The van der Waals surface area contributed by atoms with Gasteiger partial charge in [-0.25, -0.2) is 0 Å². The van der Waals surface area contributed by atoms with E-state index in [1.807, 2.05) is 55.6 Å². The highest BCUT2D eigenvalue weighted by molar-refractivity contribution is 6.11. The normalized spacial score (nSPS) is 14.8. The molecule has 128 valence electrons. The molecule has 4 rings (SSSR count). The zero-order valence-corrected chi connectivity index (χ0v) is 14.3. The summed E-state index contributed by atoms with van der Waals surface area (Å²) in [4.78, 5) is 12.7. The van der Waals surface area contributed by atoms with Gasteiger partial charge in [0, 0.05) is 29.9 Å². The van der Waals surface area contributed by atoms with Gasteiger partial charge in [-0.15, -0.1) is 0 Å². The maximum atomic E-state index is 12.7. The molecule has 1 aromatic heterocycles. The summed E-state index contributed by atoms with van der Waals surface area (Å²) in [6.45, 7) is 0. The fourth-order valence-electron chi connectivity index (χ4n) is 3.56. The smallest absolute Gasteiger partial charge is 0.276 e. The third-order valence-corrected chi connectivity index (χ3v) is 4.82. The highest BCUT2D eigenvalue weighted by Gasteiger charge is 2.17. The molecule has 0 radical (unpaired) electrons. The van der Waals surface area contributed by atoms with E-state index >= 15 is 0 Å². The largest absolute Gasteiger partial charge is 0.382 e. The lowest BCUT2D eigenvalue weighted by Crippen LogP contribution is -2.16. The quantitative estimate of drug-likeness (QED) is 0.752. The predicted octanol–water partition coefficient (Wildman–Crippen LogP) is 4.18. The topological polar surface area (TPSA) is 59.0 Å². The Bertz CT molecular complexity index is 909. The van der Waals surface area contributed by atoms with Crippen molar-refractivity contribution in [2.45, 2.75) is 31.7 Å². The first-order valence-electron chi connectivity index (χ1n) is 8.80. The Morgan fingerprint density at radius 1 is 1.08 bits per heavy atom. The number of anilines is 2. The molecule has 0 atom stereocenters. The Morgan fingerprint density at radius 3 is 2.68 bits per heavy atom. The van der Waals surface area contributed by atoms with Gasteiger partial charge in [0.2, 0.25) is 0 Å². The number of rotatable bonds is 4. The lowest BCUT2D eigenvalue weighted by atomic mass is 10.2. The van der Waals surface area contributed by atoms with Gasteiger partial charge in [-0.05, 0) is 37.1 Å². The average molecular weight is 334 g/mol. The van der Waals surface area contributed by atoms with Crippen molar-refractivity contribution in [1.29, 1.82) is 0 Å². The third kappa shape index (κ3) is 3.22. The van der Waals surface area contributed by atoms with Gasteiger partial charge in [-0.3, -0.25) is 9.48 Å². The van der Waals surface area contributed by atoms with Crippen LogP contribution in [0.25, 0.3) is 10.9 Å². The van der Waals surface area contributed by atoms with E-state index in [1.54, 1.807) is 4.68 Å². The van der Waals surface area contributed by atoms with Crippen LogP contribution >= 0.6 is 0 Å². The first kappa shape index (κ1) is 15.7. The highest BCUT2D eigenvalue weighted by Crippen LogP contribution is 2.24. The Hall–Kier alpha value is -2.82. The molecule has 3 aromatic rings. The van der Waals surface area contributed by atoms with Crippen molar-refractivity contribution in [2.75, 3.05) is 10.6 Å². The molecule has 1 heterocycles. The van der Waals surface area contributed by atoms with E-state index in [-0.39, 0.29) is 5.91 Å². The van der Waals surface area contributed by atoms with Gasteiger partial charge in [0.25, 0.3) is 5.91 Å². The highest BCUT2D eigenvalue weighted by atomic mass is 16.2. The number of hydrogen-bond acceptors (Lipinski definition) is 3. The zero-order valence-electron chi connectivity index (χ0n) is 14.3. The molecule has 5 nitrogen and oxygen atoms in total. The van der Waals surface area contributed by atoms with Crippen LogP contribution in [0, 0.1) is 0 Å². The number of hydrogen-bond donors (Lipinski definition) is 2. The Labute approximate surface area is 147 Å². The molecule has 2 N–H and O–H groups in total. The Kier molecular flexibility index (Phi) is 4.14. The summed E-state index contributed by atoms with van der Waals surface area (Å²) < 4.78 is 1.74.